The minimum Gasteiger partial charge on any atom is -0.354 e. The van der Waals surface area contributed by atoms with E-state index < -0.39 is 0 Å². The van der Waals surface area contributed by atoms with Crippen molar-refractivity contribution in [3.05, 3.63) is 70.8 Å². The van der Waals surface area contributed by atoms with Crippen LogP contribution in [0.2, 0.25) is 0 Å². The number of piperidine rings is 1. The molecular formula is C27H37N5O. The molecule has 0 spiro atoms. The van der Waals surface area contributed by atoms with E-state index in [1.807, 2.05) is 11.9 Å². The van der Waals surface area contributed by atoms with Gasteiger partial charge in [0.1, 0.15) is 0 Å². The molecule has 0 aromatic heterocycles. The lowest BCUT2D eigenvalue weighted by molar-refractivity contribution is -0.128. The minimum atomic E-state index is 0.271. The molecule has 2 heterocycles. The molecular weight excluding hydrogens is 410 g/mol. The largest absolute Gasteiger partial charge is 0.354 e. The number of carbonyl (C=O) groups excluding carboxylic acids is 1. The molecule has 6 nitrogen and oxygen atoms in total. The van der Waals surface area contributed by atoms with Crippen molar-refractivity contribution in [1.82, 2.24) is 20.4 Å². The number of amides is 1. The van der Waals surface area contributed by atoms with Crippen molar-refractivity contribution in [1.29, 1.82) is 0 Å². The Morgan fingerprint density at radius 1 is 1.03 bits per heavy atom. The standard InChI is InChI=1S/C27H37N5O/c1-21-7-3-4-10-24(21)20-31-15-12-25(13-16-31)30-27(28-2)29-18-22-8-5-9-23(17-22)19-32-14-6-11-26(32)33/h3-5,7-10,17,25H,6,11-16,18-20H2,1-2H3,(H2,28,29,30). The molecule has 0 radical (unpaired) electrons. The van der Waals surface area contributed by atoms with Crippen LogP contribution in [0.3, 0.4) is 0 Å². The summed E-state index contributed by atoms with van der Waals surface area (Å²) in [6.07, 6.45) is 3.90. The second-order valence-corrected chi connectivity index (χ2v) is 9.29. The Hall–Kier alpha value is -2.86. The van der Waals surface area contributed by atoms with Crippen LogP contribution in [-0.2, 0) is 24.4 Å². The average molecular weight is 448 g/mol. The van der Waals surface area contributed by atoms with E-state index in [0.717, 1.165) is 51.4 Å². The molecule has 0 aliphatic carbocycles. The Balaban J connectivity index is 1.22. The lowest BCUT2D eigenvalue weighted by Gasteiger charge is -2.33. The van der Waals surface area contributed by atoms with Gasteiger partial charge in [0.25, 0.3) is 0 Å². The minimum absolute atomic E-state index is 0.271. The number of rotatable bonds is 7. The Kier molecular flexibility index (Phi) is 8.00. The smallest absolute Gasteiger partial charge is 0.222 e. The molecule has 33 heavy (non-hydrogen) atoms. The highest BCUT2D eigenvalue weighted by molar-refractivity contribution is 5.80. The number of aryl methyl sites for hydroxylation is 1. The fourth-order valence-electron chi connectivity index (χ4n) is 4.77. The third kappa shape index (κ3) is 6.57. The molecule has 1 amide bonds. The maximum absolute atomic E-state index is 11.9. The third-order valence-corrected chi connectivity index (χ3v) is 6.80. The monoisotopic (exact) mass is 447 g/mol. The predicted molar refractivity (Wildman–Crippen MR) is 134 cm³/mol. The first kappa shape index (κ1) is 23.3. The maximum Gasteiger partial charge on any atom is 0.222 e. The topological polar surface area (TPSA) is 60.0 Å². The van der Waals surface area contributed by atoms with Crippen LogP contribution in [0.5, 0.6) is 0 Å². The maximum atomic E-state index is 11.9. The lowest BCUT2D eigenvalue weighted by Crippen LogP contribution is -2.48. The first-order valence-corrected chi connectivity index (χ1v) is 12.2. The number of hydrogen-bond donors (Lipinski definition) is 2. The summed E-state index contributed by atoms with van der Waals surface area (Å²) in [5, 5.41) is 7.08. The first-order chi connectivity index (χ1) is 16.1. The van der Waals surface area contributed by atoms with Gasteiger partial charge in [-0.2, -0.15) is 0 Å². The van der Waals surface area contributed by atoms with Gasteiger partial charge in [-0.1, -0.05) is 48.5 Å². The number of likely N-dealkylation sites (tertiary alicyclic amines) is 2. The molecule has 2 fully saturated rings. The number of benzene rings is 2. The van der Waals surface area contributed by atoms with Crippen LogP contribution in [0.4, 0.5) is 0 Å². The van der Waals surface area contributed by atoms with E-state index in [0.29, 0.717) is 25.6 Å². The number of nitrogens with one attached hydrogen (secondary N) is 2. The second-order valence-electron chi connectivity index (χ2n) is 9.29. The first-order valence-electron chi connectivity index (χ1n) is 12.2. The number of guanidine groups is 1. The number of hydrogen-bond acceptors (Lipinski definition) is 3. The van der Waals surface area contributed by atoms with E-state index in [4.69, 9.17) is 0 Å². The van der Waals surface area contributed by atoms with Crippen molar-refractivity contribution in [2.24, 2.45) is 4.99 Å². The molecule has 2 saturated heterocycles. The third-order valence-electron chi connectivity index (χ3n) is 6.80. The zero-order valence-corrected chi connectivity index (χ0v) is 20.0. The van der Waals surface area contributed by atoms with Gasteiger partial charge in [0, 0.05) is 58.8 Å². The normalized spacial score (nSPS) is 18.1. The molecule has 4 rings (SSSR count). The average Bonchev–Trinajstić information content (AvgIpc) is 3.23. The van der Waals surface area contributed by atoms with Gasteiger partial charge in [-0.05, 0) is 48.4 Å². The molecule has 0 unspecified atom stereocenters. The van der Waals surface area contributed by atoms with Crippen LogP contribution in [0.25, 0.3) is 0 Å². The van der Waals surface area contributed by atoms with E-state index >= 15 is 0 Å². The summed E-state index contributed by atoms with van der Waals surface area (Å²) < 4.78 is 0. The number of aliphatic imine (C=N–C) groups is 1. The van der Waals surface area contributed by atoms with E-state index in [9.17, 15) is 4.79 Å². The van der Waals surface area contributed by atoms with Crippen molar-refractivity contribution >= 4 is 11.9 Å². The fraction of sp³-hybridized carbons (Fsp3) is 0.481. The quantitative estimate of drug-likeness (QED) is 0.504. The summed E-state index contributed by atoms with van der Waals surface area (Å²) in [5.74, 6) is 1.13. The SMILES string of the molecule is CN=C(NCc1cccc(CN2CCCC2=O)c1)NC1CCN(Cc2ccccc2C)CC1. The van der Waals surface area contributed by atoms with Crippen molar-refractivity contribution in [2.45, 2.75) is 58.3 Å². The van der Waals surface area contributed by atoms with Crippen LogP contribution in [-0.4, -0.2) is 54.4 Å². The van der Waals surface area contributed by atoms with Gasteiger partial charge in [-0.3, -0.25) is 14.7 Å². The Morgan fingerprint density at radius 2 is 1.82 bits per heavy atom. The van der Waals surface area contributed by atoms with Gasteiger partial charge in [0.15, 0.2) is 5.96 Å². The van der Waals surface area contributed by atoms with Crippen LogP contribution >= 0.6 is 0 Å². The van der Waals surface area contributed by atoms with E-state index in [2.05, 4.69) is 76.0 Å². The van der Waals surface area contributed by atoms with Gasteiger partial charge in [0.2, 0.25) is 5.91 Å². The molecule has 176 valence electrons. The zero-order chi connectivity index (χ0) is 23.0. The van der Waals surface area contributed by atoms with Gasteiger partial charge >= 0.3 is 0 Å². The van der Waals surface area contributed by atoms with Crippen LogP contribution in [0.1, 0.15) is 47.9 Å². The molecule has 2 aromatic rings. The molecule has 2 aliphatic heterocycles. The van der Waals surface area contributed by atoms with E-state index in [1.54, 1.807) is 0 Å². The molecule has 0 bridgehead atoms. The summed E-state index contributed by atoms with van der Waals surface area (Å²) in [6, 6.07) is 17.6. The molecule has 6 heteroatoms. The fourth-order valence-corrected chi connectivity index (χ4v) is 4.77. The van der Waals surface area contributed by atoms with Crippen molar-refractivity contribution in [3.8, 4) is 0 Å². The van der Waals surface area contributed by atoms with E-state index in [1.165, 1.54) is 22.3 Å². The Morgan fingerprint density at radius 3 is 2.55 bits per heavy atom. The van der Waals surface area contributed by atoms with Crippen LogP contribution in [0.15, 0.2) is 53.5 Å². The summed E-state index contributed by atoms with van der Waals surface area (Å²) in [7, 11) is 1.83. The Bertz CT molecular complexity index is 964. The molecule has 0 atom stereocenters. The summed E-state index contributed by atoms with van der Waals surface area (Å²) in [6.45, 7) is 7.73. The number of nitrogens with zero attached hydrogens (tertiary/aromatic N) is 3. The molecule has 0 saturated carbocycles. The van der Waals surface area contributed by atoms with Crippen LogP contribution < -0.4 is 10.6 Å². The predicted octanol–water partition coefficient (Wildman–Crippen LogP) is 3.45. The van der Waals surface area contributed by atoms with E-state index in [-0.39, 0.29) is 5.91 Å². The summed E-state index contributed by atoms with van der Waals surface area (Å²) >= 11 is 0. The van der Waals surface area contributed by atoms with Gasteiger partial charge in [0.05, 0.1) is 0 Å². The van der Waals surface area contributed by atoms with Crippen molar-refractivity contribution in [3.63, 3.8) is 0 Å². The molecule has 2 aliphatic rings. The lowest BCUT2D eigenvalue weighted by atomic mass is 10.0. The Labute approximate surface area is 198 Å². The summed E-state index contributed by atoms with van der Waals surface area (Å²) in [4.78, 5) is 20.9. The van der Waals surface area contributed by atoms with Gasteiger partial charge < -0.3 is 15.5 Å². The highest BCUT2D eigenvalue weighted by atomic mass is 16.2. The van der Waals surface area contributed by atoms with Crippen LogP contribution in [0, 0.1) is 6.92 Å². The van der Waals surface area contributed by atoms with Crippen molar-refractivity contribution in [2.75, 3.05) is 26.7 Å². The highest BCUT2D eigenvalue weighted by Crippen LogP contribution is 2.17. The van der Waals surface area contributed by atoms with Gasteiger partial charge in [-0.15, -0.1) is 0 Å². The summed E-state index contributed by atoms with van der Waals surface area (Å²) in [5.41, 5.74) is 5.19. The van der Waals surface area contributed by atoms with Gasteiger partial charge in [-0.25, -0.2) is 0 Å². The molecule has 2 N–H and O–H groups in total. The second kappa shape index (κ2) is 11.3. The zero-order valence-electron chi connectivity index (χ0n) is 20.0. The number of carbonyl (C=O) groups is 1. The molecule has 2 aromatic carbocycles. The highest BCUT2D eigenvalue weighted by Gasteiger charge is 2.21. The van der Waals surface area contributed by atoms with Crippen molar-refractivity contribution < 1.29 is 4.79 Å².